The van der Waals surface area contributed by atoms with Gasteiger partial charge in [-0.3, -0.25) is 18.9 Å². The molecule has 2 aliphatic rings. The average Bonchev–Trinajstić information content (AvgIpc) is 3.37. The van der Waals surface area contributed by atoms with E-state index in [0.29, 0.717) is 27.9 Å². The van der Waals surface area contributed by atoms with Gasteiger partial charge in [-0.05, 0) is 31.5 Å². The zero-order chi connectivity index (χ0) is 20.4. The second-order valence-electron chi connectivity index (χ2n) is 7.96. The predicted octanol–water partition coefficient (Wildman–Crippen LogP) is 1.84. The number of hydrogen-bond acceptors (Lipinski definition) is 7. The molecule has 9 heteroatoms. The van der Waals surface area contributed by atoms with E-state index in [1.807, 2.05) is 28.7 Å². The molecule has 0 radical (unpaired) electrons. The number of fused-ring (bicyclic) bond motifs is 6. The van der Waals surface area contributed by atoms with E-state index < -0.39 is 11.3 Å². The zero-order valence-corrected chi connectivity index (χ0v) is 17.1. The Morgan fingerprint density at radius 2 is 2.07 bits per heavy atom. The highest BCUT2D eigenvalue weighted by Gasteiger charge is 2.32. The van der Waals surface area contributed by atoms with E-state index in [4.69, 9.17) is 10.7 Å². The van der Waals surface area contributed by atoms with E-state index in [2.05, 4.69) is 14.8 Å². The van der Waals surface area contributed by atoms with E-state index in [1.54, 1.807) is 6.20 Å². The van der Waals surface area contributed by atoms with Crippen LogP contribution in [0.15, 0.2) is 35.3 Å². The number of amides is 1. The quantitative estimate of drug-likeness (QED) is 0.532. The van der Waals surface area contributed by atoms with Gasteiger partial charge >= 0.3 is 0 Å². The fraction of sp³-hybridized carbons (Fsp3) is 0.333. The van der Waals surface area contributed by atoms with Gasteiger partial charge in [-0.2, -0.15) is 4.98 Å². The first-order valence-electron chi connectivity index (χ1n) is 10.1. The Bertz CT molecular complexity index is 1390. The molecule has 1 aromatic carbocycles. The summed E-state index contributed by atoms with van der Waals surface area (Å²) in [6.45, 7) is 3.93. The SMILES string of the molecule is NC(=O)c1c(=O)c2cnc(N3CCN4CCCC4C3)nc2n2c1sc1ccccc12. The Labute approximate surface area is 175 Å². The number of piperazine rings is 1. The van der Waals surface area contributed by atoms with Crippen LogP contribution in [-0.2, 0) is 0 Å². The third-order valence-electron chi connectivity index (χ3n) is 6.29. The van der Waals surface area contributed by atoms with Gasteiger partial charge in [0.05, 0.1) is 15.6 Å². The smallest absolute Gasteiger partial charge is 0.255 e. The van der Waals surface area contributed by atoms with Crippen molar-refractivity contribution in [1.29, 1.82) is 0 Å². The molecule has 3 aromatic heterocycles. The predicted molar refractivity (Wildman–Crippen MR) is 117 cm³/mol. The van der Waals surface area contributed by atoms with Crippen molar-refractivity contribution in [2.45, 2.75) is 18.9 Å². The molecule has 0 spiro atoms. The minimum Gasteiger partial charge on any atom is -0.365 e. The topological polar surface area (TPSA) is 96.8 Å². The van der Waals surface area contributed by atoms with Crippen LogP contribution in [0.1, 0.15) is 23.2 Å². The molecule has 2 saturated heterocycles. The Morgan fingerprint density at radius 1 is 1.20 bits per heavy atom. The first kappa shape index (κ1) is 17.8. The summed E-state index contributed by atoms with van der Waals surface area (Å²) in [5.74, 6) is -0.100. The van der Waals surface area contributed by atoms with Gasteiger partial charge in [-0.25, -0.2) is 4.98 Å². The van der Waals surface area contributed by atoms with E-state index >= 15 is 0 Å². The van der Waals surface area contributed by atoms with Gasteiger partial charge in [0.2, 0.25) is 11.4 Å². The molecule has 0 saturated carbocycles. The third-order valence-corrected chi connectivity index (χ3v) is 7.43. The highest BCUT2D eigenvalue weighted by Crippen LogP contribution is 2.31. The van der Waals surface area contributed by atoms with Gasteiger partial charge in [0, 0.05) is 31.9 Å². The zero-order valence-electron chi connectivity index (χ0n) is 16.2. The van der Waals surface area contributed by atoms with Crippen LogP contribution in [0.3, 0.4) is 0 Å². The van der Waals surface area contributed by atoms with Gasteiger partial charge < -0.3 is 10.6 Å². The number of anilines is 1. The van der Waals surface area contributed by atoms with Crippen molar-refractivity contribution in [2.24, 2.45) is 5.73 Å². The van der Waals surface area contributed by atoms with Crippen molar-refractivity contribution in [3.05, 3.63) is 46.2 Å². The number of primary amides is 1. The summed E-state index contributed by atoms with van der Waals surface area (Å²) in [7, 11) is 0. The molecule has 2 N–H and O–H groups in total. The van der Waals surface area contributed by atoms with Crippen LogP contribution in [-0.4, -0.2) is 57.4 Å². The van der Waals surface area contributed by atoms with Crippen molar-refractivity contribution >= 4 is 49.3 Å². The standard InChI is InChI=1S/C21H20N6O2S/c22-18(29)16-17(28)13-10-23-21(26-9-8-25-7-3-4-12(25)11-26)24-19(13)27-14-5-1-2-6-15(14)30-20(16)27/h1-2,5-6,10,12H,3-4,7-9,11H2,(H2,22,29). The van der Waals surface area contributed by atoms with Gasteiger partial charge in [0.1, 0.15) is 10.4 Å². The molecular weight excluding hydrogens is 400 g/mol. The number of para-hydroxylation sites is 1. The van der Waals surface area contributed by atoms with Crippen LogP contribution < -0.4 is 16.1 Å². The van der Waals surface area contributed by atoms with Crippen LogP contribution in [0.4, 0.5) is 5.95 Å². The van der Waals surface area contributed by atoms with Crippen LogP contribution in [0.25, 0.3) is 26.1 Å². The maximum Gasteiger partial charge on any atom is 0.255 e. The summed E-state index contributed by atoms with van der Waals surface area (Å²) in [6, 6.07) is 8.34. The van der Waals surface area contributed by atoms with Gasteiger partial charge in [-0.1, -0.05) is 12.1 Å². The van der Waals surface area contributed by atoms with Crippen LogP contribution in [0, 0.1) is 0 Å². The number of pyridine rings is 1. The number of hydrogen-bond donors (Lipinski definition) is 1. The average molecular weight is 420 g/mol. The highest BCUT2D eigenvalue weighted by molar-refractivity contribution is 7.24. The number of carbonyl (C=O) groups is 1. The molecule has 2 fully saturated rings. The summed E-state index contributed by atoms with van der Waals surface area (Å²) >= 11 is 1.38. The minimum atomic E-state index is -0.729. The van der Waals surface area contributed by atoms with E-state index in [-0.39, 0.29) is 5.56 Å². The highest BCUT2D eigenvalue weighted by atomic mass is 32.1. The molecule has 2 aliphatic heterocycles. The molecule has 0 aliphatic carbocycles. The lowest BCUT2D eigenvalue weighted by atomic mass is 10.1. The lowest BCUT2D eigenvalue weighted by Gasteiger charge is -2.37. The molecule has 152 valence electrons. The summed E-state index contributed by atoms with van der Waals surface area (Å²) in [6.07, 6.45) is 3.99. The van der Waals surface area contributed by atoms with Crippen molar-refractivity contribution in [3.63, 3.8) is 0 Å². The number of rotatable bonds is 2. The second-order valence-corrected chi connectivity index (χ2v) is 8.99. The third kappa shape index (κ3) is 2.48. The molecular formula is C21H20N6O2S. The van der Waals surface area contributed by atoms with Crippen molar-refractivity contribution in [1.82, 2.24) is 19.3 Å². The number of nitrogens with two attached hydrogens (primary N) is 1. The Morgan fingerprint density at radius 3 is 2.93 bits per heavy atom. The van der Waals surface area contributed by atoms with Crippen LogP contribution >= 0.6 is 11.3 Å². The maximum atomic E-state index is 13.1. The Balaban J connectivity index is 1.61. The fourth-order valence-electron chi connectivity index (χ4n) is 4.83. The number of carbonyl (C=O) groups excluding carboxylic acids is 1. The summed E-state index contributed by atoms with van der Waals surface area (Å²) in [4.78, 5) is 39.9. The van der Waals surface area contributed by atoms with Crippen molar-refractivity contribution in [3.8, 4) is 0 Å². The molecule has 0 bridgehead atoms. The monoisotopic (exact) mass is 420 g/mol. The molecule has 1 amide bonds. The van der Waals surface area contributed by atoms with E-state index in [0.717, 1.165) is 29.9 Å². The van der Waals surface area contributed by atoms with Gasteiger partial charge in [0.15, 0.2) is 5.65 Å². The summed E-state index contributed by atoms with van der Waals surface area (Å²) in [5, 5.41) is 0.313. The number of aromatic nitrogens is 3. The summed E-state index contributed by atoms with van der Waals surface area (Å²) < 4.78 is 2.85. The van der Waals surface area contributed by atoms with Crippen LogP contribution in [0.2, 0.25) is 0 Å². The first-order chi connectivity index (χ1) is 14.6. The largest absolute Gasteiger partial charge is 0.365 e. The summed E-state index contributed by atoms with van der Waals surface area (Å²) in [5.41, 5.74) is 6.61. The molecule has 30 heavy (non-hydrogen) atoms. The number of thiazole rings is 1. The maximum absolute atomic E-state index is 13.1. The number of nitrogens with zero attached hydrogens (tertiary/aromatic N) is 5. The number of benzene rings is 1. The normalized spacial score (nSPS) is 19.7. The minimum absolute atomic E-state index is 0.000352. The Hall–Kier alpha value is -3.04. The molecule has 8 nitrogen and oxygen atoms in total. The van der Waals surface area contributed by atoms with Gasteiger partial charge in [0.25, 0.3) is 5.91 Å². The van der Waals surface area contributed by atoms with E-state index in [1.165, 1.54) is 30.7 Å². The van der Waals surface area contributed by atoms with E-state index in [9.17, 15) is 9.59 Å². The molecule has 4 aromatic rings. The van der Waals surface area contributed by atoms with Crippen LogP contribution in [0.5, 0.6) is 0 Å². The molecule has 6 rings (SSSR count). The first-order valence-corrected chi connectivity index (χ1v) is 11.0. The second kappa shape index (κ2) is 6.48. The molecule has 1 atom stereocenters. The lowest BCUT2D eigenvalue weighted by Crippen LogP contribution is -2.50. The molecule has 1 unspecified atom stereocenters. The lowest BCUT2D eigenvalue weighted by molar-refractivity contribution is 0.100. The molecule has 5 heterocycles. The van der Waals surface area contributed by atoms with Gasteiger partial charge in [-0.15, -0.1) is 11.3 Å². The Kier molecular flexibility index (Phi) is 3.84. The van der Waals surface area contributed by atoms with Crippen molar-refractivity contribution in [2.75, 3.05) is 31.1 Å². The fourth-order valence-corrected chi connectivity index (χ4v) is 6.02. The van der Waals surface area contributed by atoms with Crippen molar-refractivity contribution < 1.29 is 4.79 Å².